The Morgan fingerprint density at radius 1 is 0.520 bits per heavy atom. The minimum absolute atomic E-state index is 0.157. The second kappa shape index (κ2) is 16.4. The molecule has 0 aromatic heterocycles. The number of allylic oxidation sites excluding steroid dienone is 2. The number of hydrogen-bond donors (Lipinski definition) is 0. The lowest BCUT2D eigenvalue weighted by molar-refractivity contribution is -0.356. The molecule has 0 bridgehead atoms. The number of carbonyl (C=O) groups excluding carboxylic acids is 5. The van der Waals surface area contributed by atoms with Gasteiger partial charge in [0, 0.05) is 11.1 Å². The summed E-state index contributed by atoms with van der Waals surface area (Å²) >= 11 is 0. The molecule has 0 heterocycles. The summed E-state index contributed by atoms with van der Waals surface area (Å²) in [5.74, 6) is -7.15. The maximum absolute atomic E-state index is 14.6. The van der Waals surface area contributed by atoms with Crippen LogP contribution < -0.4 is 0 Å². The number of benzene rings is 1. The van der Waals surface area contributed by atoms with E-state index in [0.29, 0.717) is 25.7 Å². The lowest BCUT2D eigenvalue weighted by atomic mass is 9.59. The molecule has 278 valence electrons. The molecule has 1 aliphatic carbocycles. The van der Waals surface area contributed by atoms with E-state index in [9.17, 15) is 24.0 Å². The summed E-state index contributed by atoms with van der Waals surface area (Å²) in [5.41, 5.74) is -10.9. The highest BCUT2D eigenvalue weighted by atomic mass is 17.2. The van der Waals surface area contributed by atoms with Crippen molar-refractivity contribution in [2.75, 3.05) is 0 Å². The fourth-order valence-electron chi connectivity index (χ4n) is 3.80. The zero-order valence-corrected chi connectivity index (χ0v) is 31.3. The summed E-state index contributed by atoms with van der Waals surface area (Å²) in [4.78, 5) is 115. The molecule has 1 aliphatic rings. The summed E-state index contributed by atoms with van der Waals surface area (Å²) in [6.45, 7) is 19.8. The zero-order chi connectivity index (χ0) is 38.2. The van der Waals surface area contributed by atoms with Crippen LogP contribution in [0.3, 0.4) is 0 Å². The van der Waals surface area contributed by atoms with Crippen LogP contribution in [0.25, 0.3) is 0 Å². The summed E-state index contributed by atoms with van der Waals surface area (Å²) in [7, 11) is 0. The van der Waals surface area contributed by atoms with Crippen LogP contribution in [0, 0.1) is 10.8 Å². The van der Waals surface area contributed by atoms with Gasteiger partial charge in [-0.3, -0.25) is 24.3 Å². The van der Waals surface area contributed by atoms with Gasteiger partial charge < -0.3 is 0 Å². The van der Waals surface area contributed by atoms with Gasteiger partial charge in [0.25, 0.3) is 0 Å². The molecule has 0 amide bonds. The Hall–Kier alpha value is -3.91. The maximum atomic E-state index is 14.6. The molecule has 0 saturated heterocycles. The van der Waals surface area contributed by atoms with Crippen LogP contribution in [-0.4, -0.2) is 52.1 Å². The first-order valence-corrected chi connectivity index (χ1v) is 16.7. The second-order valence-electron chi connectivity index (χ2n) is 14.5. The van der Waals surface area contributed by atoms with Crippen LogP contribution in [0.2, 0.25) is 0 Å². The van der Waals surface area contributed by atoms with Crippen molar-refractivity contribution >= 4 is 29.7 Å². The Morgan fingerprint density at radius 2 is 0.840 bits per heavy atom. The van der Waals surface area contributed by atoms with Gasteiger partial charge in [0.1, 0.15) is 22.4 Å². The van der Waals surface area contributed by atoms with E-state index < -0.39 is 62.9 Å². The third-order valence-corrected chi connectivity index (χ3v) is 8.87. The van der Waals surface area contributed by atoms with Crippen LogP contribution in [0.1, 0.15) is 119 Å². The second-order valence-corrected chi connectivity index (χ2v) is 14.5. The summed E-state index contributed by atoms with van der Waals surface area (Å²) in [6, 6.07) is 7.90. The Labute approximate surface area is 294 Å². The highest BCUT2D eigenvalue weighted by molar-refractivity contribution is 6.20. The molecule has 0 spiro atoms. The largest absolute Gasteiger partial charge is 0.365 e. The average molecular weight is 705 g/mol. The molecule has 2 rings (SSSR count). The number of rotatable bonds is 18. The Balaban J connectivity index is 3.05. The smallest absolute Gasteiger partial charge is 0.296 e. The first-order valence-electron chi connectivity index (χ1n) is 16.7. The van der Waals surface area contributed by atoms with Gasteiger partial charge in [-0.2, -0.15) is 19.6 Å². The minimum atomic E-state index is -3.23. The number of ketones is 1. The molecule has 1 aromatic rings. The first-order chi connectivity index (χ1) is 23.1. The van der Waals surface area contributed by atoms with Crippen molar-refractivity contribution < 1.29 is 63.1 Å². The molecule has 0 fully saturated rings. The van der Waals surface area contributed by atoms with E-state index in [1.165, 1.54) is 12.1 Å². The van der Waals surface area contributed by atoms with Gasteiger partial charge in [-0.15, -0.1) is 0 Å². The van der Waals surface area contributed by atoms with E-state index in [1.807, 2.05) is 0 Å². The quantitative estimate of drug-likeness (QED) is 0.0666. The molecule has 0 atom stereocenters. The van der Waals surface area contributed by atoms with E-state index in [2.05, 4.69) is 0 Å². The monoisotopic (exact) mass is 704 g/mol. The third kappa shape index (κ3) is 9.65. The first kappa shape index (κ1) is 42.3. The highest BCUT2D eigenvalue weighted by Gasteiger charge is 2.75. The zero-order valence-electron chi connectivity index (χ0n) is 31.3. The van der Waals surface area contributed by atoms with Crippen molar-refractivity contribution in [3.8, 4) is 0 Å². The molecule has 50 heavy (non-hydrogen) atoms. The maximum Gasteiger partial charge on any atom is 0.365 e. The average Bonchev–Trinajstić information content (AvgIpc) is 3.10. The normalized spacial score (nSPS) is 15.8. The Kier molecular flexibility index (Phi) is 13.9. The minimum Gasteiger partial charge on any atom is -0.296 e. The van der Waals surface area contributed by atoms with E-state index >= 15 is 0 Å². The van der Waals surface area contributed by atoms with Crippen LogP contribution in [-0.2, 0) is 58.3 Å². The van der Waals surface area contributed by atoms with Gasteiger partial charge in [0.05, 0.1) is 0 Å². The summed E-state index contributed by atoms with van der Waals surface area (Å²) in [6.07, 6.45) is 4.04. The lowest BCUT2D eigenvalue weighted by Gasteiger charge is -2.41. The van der Waals surface area contributed by atoms with Crippen LogP contribution in [0.5, 0.6) is 0 Å². The van der Waals surface area contributed by atoms with Gasteiger partial charge in [-0.1, -0.05) is 70.2 Å². The van der Waals surface area contributed by atoms with E-state index in [4.69, 9.17) is 39.1 Å². The van der Waals surface area contributed by atoms with E-state index in [-0.39, 0.29) is 11.1 Å². The molecule has 13 heteroatoms. The van der Waals surface area contributed by atoms with Crippen LogP contribution in [0.15, 0.2) is 54.1 Å². The molecule has 13 nitrogen and oxygen atoms in total. The molecule has 0 radical (unpaired) electrons. The molecule has 0 N–H and O–H groups in total. The van der Waals surface area contributed by atoms with E-state index in [0.717, 1.165) is 18.2 Å². The van der Waals surface area contributed by atoms with Gasteiger partial charge in [0.2, 0.25) is 10.8 Å². The molecular formula is C37H52O13. The highest BCUT2D eigenvalue weighted by Crippen LogP contribution is 2.51. The van der Waals surface area contributed by atoms with Gasteiger partial charge in [0.15, 0.2) is 5.78 Å². The van der Waals surface area contributed by atoms with Crippen LogP contribution in [0.4, 0.5) is 0 Å². The number of Topliss-reactive ketones (excluding diaryl/α,β-unsaturated/α-hetero) is 1. The van der Waals surface area contributed by atoms with Crippen molar-refractivity contribution in [1.82, 2.24) is 0 Å². The van der Waals surface area contributed by atoms with Crippen LogP contribution >= 0.6 is 0 Å². The third-order valence-electron chi connectivity index (χ3n) is 8.87. The SMILES string of the molecule is CCC(C)(C)OOC(=O)C1(C(=O)OOC(C)(C)CC)C=CC(C(=O)c2ccccc2)=CC1(C(=O)OOC(C)(C)CC)C(=O)OOC(C)(C)CC. The Morgan fingerprint density at radius 3 is 1.16 bits per heavy atom. The van der Waals surface area contributed by atoms with Crippen molar-refractivity contribution in [2.24, 2.45) is 10.8 Å². The molecule has 1 aromatic carbocycles. The Bertz CT molecular complexity index is 1390. The van der Waals surface area contributed by atoms with Gasteiger partial charge >= 0.3 is 23.9 Å². The summed E-state index contributed by atoms with van der Waals surface area (Å²) in [5, 5.41) is 0. The molecule has 0 unspecified atom stereocenters. The fourth-order valence-corrected chi connectivity index (χ4v) is 3.80. The van der Waals surface area contributed by atoms with Gasteiger partial charge in [-0.05, 0) is 87.1 Å². The van der Waals surface area contributed by atoms with Crippen molar-refractivity contribution in [1.29, 1.82) is 0 Å². The summed E-state index contributed by atoms with van der Waals surface area (Å²) < 4.78 is 0. The number of hydrogen-bond acceptors (Lipinski definition) is 13. The topological polar surface area (TPSA) is 159 Å². The standard InChI is InChI=1S/C37H52O13/c1-13-32(5,6)47-43-28(39)36(29(40)44-48-33(7,8)14-2)23-22-26(27(38)25-20-18-17-19-21-25)24-37(36,30(41)45-49-34(9,10)15-3)31(42)46-50-35(11,12)16-4/h17-24H,13-16H2,1-12H3. The predicted molar refractivity (Wildman–Crippen MR) is 179 cm³/mol. The van der Waals surface area contributed by atoms with Crippen molar-refractivity contribution in [2.45, 2.75) is 131 Å². The van der Waals surface area contributed by atoms with Crippen molar-refractivity contribution in [3.05, 3.63) is 59.7 Å². The lowest BCUT2D eigenvalue weighted by Crippen LogP contribution is -2.62. The van der Waals surface area contributed by atoms with Crippen molar-refractivity contribution in [3.63, 3.8) is 0 Å². The molecule has 0 aliphatic heterocycles. The fraction of sp³-hybridized carbons (Fsp3) is 0.595. The van der Waals surface area contributed by atoms with Gasteiger partial charge in [-0.25, -0.2) is 19.2 Å². The molecule has 0 saturated carbocycles. The molecular weight excluding hydrogens is 652 g/mol. The number of carbonyl (C=O) groups is 5. The van der Waals surface area contributed by atoms with E-state index in [1.54, 1.807) is 101 Å². The predicted octanol–water partition coefficient (Wildman–Crippen LogP) is 6.99.